The van der Waals surface area contributed by atoms with Gasteiger partial charge in [-0.25, -0.2) is 0 Å². The number of fused-ring (bicyclic) bond motifs is 1. The van der Waals surface area contributed by atoms with E-state index in [1.165, 1.54) is 0 Å². The number of amides is 1. The van der Waals surface area contributed by atoms with Crippen LogP contribution in [0.5, 0.6) is 11.5 Å². The van der Waals surface area contributed by atoms with Gasteiger partial charge in [0.25, 0.3) is 5.91 Å². The zero-order valence-electron chi connectivity index (χ0n) is 10.5. The van der Waals surface area contributed by atoms with Gasteiger partial charge in [0, 0.05) is 24.7 Å². The third kappa shape index (κ3) is 2.48. The van der Waals surface area contributed by atoms with Crippen LogP contribution < -0.4 is 15.2 Å². The first-order valence-electron chi connectivity index (χ1n) is 6.20. The van der Waals surface area contributed by atoms with E-state index in [1.54, 1.807) is 18.2 Å². The van der Waals surface area contributed by atoms with Gasteiger partial charge in [-0.05, 0) is 31.0 Å². The van der Waals surface area contributed by atoms with Crippen molar-refractivity contribution in [2.75, 3.05) is 19.9 Å². The van der Waals surface area contributed by atoms with Crippen molar-refractivity contribution in [3.8, 4) is 11.5 Å². The van der Waals surface area contributed by atoms with Crippen LogP contribution in [0, 0.1) is 0 Å². The van der Waals surface area contributed by atoms with Crippen molar-refractivity contribution in [2.45, 2.75) is 18.9 Å². The van der Waals surface area contributed by atoms with Crippen LogP contribution in [0.15, 0.2) is 18.2 Å². The number of carbonyl (C=O) groups is 1. The molecule has 104 valence electrons. The maximum atomic E-state index is 12.4. The predicted molar refractivity (Wildman–Crippen MR) is 72.9 cm³/mol. The number of nitrogens with two attached hydrogens (primary N) is 1. The third-order valence-corrected chi connectivity index (χ3v) is 3.53. The highest BCUT2D eigenvalue weighted by Gasteiger charge is 2.29. The molecule has 1 atom stereocenters. The number of ether oxygens (including phenoxy) is 2. The Morgan fingerprint density at radius 2 is 2.16 bits per heavy atom. The SMILES string of the molecule is Cl.NCC1CCCN1C(=O)c1ccc2c(c1)OCO2. The maximum absolute atomic E-state index is 12.4. The minimum absolute atomic E-state index is 0. The van der Waals surface area contributed by atoms with Crippen LogP contribution in [0.25, 0.3) is 0 Å². The van der Waals surface area contributed by atoms with E-state index in [-0.39, 0.29) is 31.1 Å². The van der Waals surface area contributed by atoms with Crippen molar-refractivity contribution in [2.24, 2.45) is 5.73 Å². The molecule has 1 aromatic rings. The monoisotopic (exact) mass is 284 g/mol. The topological polar surface area (TPSA) is 64.8 Å². The lowest BCUT2D eigenvalue weighted by atomic mass is 10.1. The fourth-order valence-electron chi connectivity index (χ4n) is 2.54. The van der Waals surface area contributed by atoms with E-state index < -0.39 is 0 Å². The highest BCUT2D eigenvalue weighted by molar-refractivity contribution is 5.95. The fourth-order valence-corrected chi connectivity index (χ4v) is 2.54. The zero-order chi connectivity index (χ0) is 12.5. The molecule has 0 radical (unpaired) electrons. The highest BCUT2D eigenvalue weighted by atomic mass is 35.5. The number of hydrogen-bond acceptors (Lipinski definition) is 4. The van der Waals surface area contributed by atoms with Gasteiger partial charge in [-0.3, -0.25) is 4.79 Å². The number of carbonyl (C=O) groups excluding carboxylic acids is 1. The van der Waals surface area contributed by atoms with Gasteiger partial charge in [-0.15, -0.1) is 12.4 Å². The number of rotatable bonds is 2. The molecule has 1 fully saturated rings. The molecule has 1 unspecified atom stereocenters. The van der Waals surface area contributed by atoms with E-state index in [1.807, 2.05) is 4.90 Å². The van der Waals surface area contributed by atoms with Crippen LogP contribution in [-0.4, -0.2) is 36.7 Å². The molecule has 0 aromatic heterocycles. The van der Waals surface area contributed by atoms with Gasteiger partial charge in [0.05, 0.1) is 0 Å². The molecule has 0 saturated carbocycles. The van der Waals surface area contributed by atoms with Crippen molar-refractivity contribution in [1.29, 1.82) is 0 Å². The van der Waals surface area contributed by atoms with E-state index in [4.69, 9.17) is 15.2 Å². The predicted octanol–water partition coefficient (Wildman–Crippen LogP) is 1.40. The molecule has 3 rings (SSSR count). The molecular weight excluding hydrogens is 268 g/mol. The Labute approximate surface area is 118 Å². The summed E-state index contributed by atoms with van der Waals surface area (Å²) in [5.74, 6) is 1.37. The summed E-state index contributed by atoms with van der Waals surface area (Å²) in [6, 6.07) is 5.48. The number of nitrogens with zero attached hydrogens (tertiary/aromatic N) is 1. The molecule has 2 aliphatic heterocycles. The quantitative estimate of drug-likeness (QED) is 0.892. The second kappa shape index (κ2) is 5.67. The lowest BCUT2D eigenvalue weighted by molar-refractivity contribution is 0.0741. The smallest absolute Gasteiger partial charge is 0.254 e. The zero-order valence-corrected chi connectivity index (χ0v) is 11.3. The lowest BCUT2D eigenvalue weighted by Crippen LogP contribution is -2.39. The number of hydrogen-bond donors (Lipinski definition) is 1. The molecule has 2 heterocycles. The van der Waals surface area contributed by atoms with Crippen molar-refractivity contribution in [3.05, 3.63) is 23.8 Å². The van der Waals surface area contributed by atoms with Gasteiger partial charge in [-0.1, -0.05) is 0 Å². The molecule has 1 amide bonds. The third-order valence-electron chi connectivity index (χ3n) is 3.53. The minimum atomic E-state index is 0. The average Bonchev–Trinajstić information content (AvgIpc) is 3.05. The van der Waals surface area contributed by atoms with Crippen LogP contribution in [0.3, 0.4) is 0 Å². The maximum Gasteiger partial charge on any atom is 0.254 e. The van der Waals surface area contributed by atoms with Crippen LogP contribution in [-0.2, 0) is 0 Å². The van der Waals surface area contributed by atoms with Crippen molar-refractivity contribution >= 4 is 18.3 Å². The molecule has 2 aliphatic rings. The first kappa shape index (κ1) is 14.0. The van der Waals surface area contributed by atoms with Crippen molar-refractivity contribution in [3.63, 3.8) is 0 Å². The Morgan fingerprint density at radius 3 is 2.95 bits per heavy atom. The first-order chi connectivity index (χ1) is 8.79. The van der Waals surface area contributed by atoms with Gasteiger partial charge >= 0.3 is 0 Å². The normalized spacial score (nSPS) is 20.3. The summed E-state index contributed by atoms with van der Waals surface area (Å²) in [6.07, 6.45) is 2.02. The van der Waals surface area contributed by atoms with Crippen molar-refractivity contribution < 1.29 is 14.3 Å². The lowest BCUT2D eigenvalue weighted by Gasteiger charge is -2.23. The summed E-state index contributed by atoms with van der Waals surface area (Å²) in [4.78, 5) is 14.2. The Kier molecular flexibility index (Phi) is 4.17. The molecule has 6 heteroatoms. The van der Waals surface area contributed by atoms with Crippen LogP contribution >= 0.6 is 12.4 Å². The molecule has 5 nitrogen and oxygen atoms in total. The molecule has 19 heavy (non-hydrogen) atoms. The Hall–Kier alpha value is -1.46. The summed E-state index contributed by atoms with van der Waals surface area (Å²) in [5, 5.41) is 0. The summed E-state index contributed by atoms with van der Waals surface area (Å²) >= 11 is 0. The second-order valence-corrected chi connectivity index (χ2v) is 4.60. The van der Waals surface area contributed by atoms with E-state index in [9.17, 15) is 4.79 Å². The van der Waals surface area contributed by atoms with Gasteiger partial charge in [0.15, 0.2) is 11.5 Å². The Balaban J connectivity index is 0.00000133. The van der Waals surface area contributed by atoms with Gasteiger partial charge in [-0.2, -0.15) is 0 Å². The van der Waals surface area contributed by atoms with Crippen LogP contribution in [0.2, 0.25) is 0 Å². The molecule has 0 aliphatic carbocycles. The van der Waals surface area contributed by atoms with Crippen LogP contribution in [0.1, 0.15) is 23.2 Å². The average molecular weight is 285 g/mol. The molecule has 1 saturated heterocycles. The van der Waals surface area contributed by atoms with E-state index in [2.05, 4.69) is 0 Å². The standard InChI is InChI=1S/C13H16N2O3.ClH/c14-7-10-2-1-5-15(10)13(16)9-3-4-11-12(6-9)18-8-17-11;/h3-4,6,10H,1-2,5,7-8,14H2;1H. The number of halogens is 1. The fraction of sp³-hybridized carbons (Fsp3) is 0.462. The highest BCUT2D eigenvalue weighted by Crippen LogP contribution is 2.33. The number of likely N-dealkylation sites (tertiary alicyclic amines) is 1. The first-order valence-corrected chi connectivity index (χ1v) is 6.20. The molecule has 2 N–H and O–H groups in total. The summed E-state index contributed by atoms with van der Waals surface area (Å²) in [5.41, 5.74) is 6.33. The van der Waals surface area contributed by atoms with Gasteiger partial charge in [0.2, 0.25) is 6.79 Å². The molecular formula is C13H17ClN2O3. The van der Waals surface area contributed by atoms with Crippen LogP contribution in [0.4, 0.5) is 0 Å². The largest absolute Gasteiger partial charge is 0.454 e. The molecule has 1 aromatic carbocycles. The summed E-state index contributed by atoms with van der Waals surface area (Å²) < 4.78 is 10.5. The summed E-state index contributed by atoms with van der Waals surface area (Å²) in [7, 11) is 0. The molecule has 0 bridgehead atoms. The minimum Gasteiger partial charge on any atom is -0.454 e. The van der Waals surface area contributed by atoms with Gasteiger partial charge < -0.3 is 20.1 Å². The van der Waals surface area contributed by atoms with E-state index >= 15 is 0 Å². The summed E-state index contributed by atoms with van der Waals surface area (Å²) in [6.45, 7) is 1.54. The van der Waals surface area contributed by atoms with E-state index in [0.29, 0.717) is 23.6 Å². The van der Waals surface area contributed by atoms with Gasteiger partial charge in [0.1, 0.15) is 0 Å². The molecule has 0 spiro atoms. The Morgan fingerprint density at radius 1 is 1.37 bits per heavy atom. The Bertz CT molecular complexity index is 481. The second-order valence-electron chi connectivity index (χ2n) is 4.60. The number of benzene rings is 1. The van der Waals surface area contributed by atoms with E-state index in [0.717, 1.165) is 19.4 Å². The van der Waals surface area contributed by atoms with Crippen molar-refractivity contribution in [1.82, 2.24) is 4.90 Å².